The fraction of sp³-hybridized carbons (Fsp3) is 0.333. The molecule has 3 aliphatic heterocycles. The average molecular weight is 453 g/mol. The van der Waals surface area contributed by atoms with Gasteiger partial charge in [0, 0.05) is 23.6 Å². The van der Waals surface area contributed by atoms with E-state index in [1.54, 1.807) is 48.5 Å². The Hall–Kier alpha value is -3.03. The van der Waals surface area contributed by atoms with Crippen molar-refractivity contribution >= 4 is 40.9 Å². The fourth-order valence-electron chi connectivity index (χ4n) is 5.38. The van der Waals surface area contributed by atoms with Gasteiger partial charge in [0.1, 0.15) is 5.75 Å². The zero-order valence-electron chi connectivity index (χ0n) is 17.4. The normalized spacial score (nSPS) is 26.9. The Bertz CT molecular complexity index is 1110. The van der Waals surface area contributed by atoms with Crippen LogP contribution >= 0.6 is 11.6 Å². The molecular weight excluding hydrogens is 432 g/mol. The van der Waals surface area contributed by atoms with E-state index in [0.29, 0.717) is 28.6 Å². The van der Waals surface area contributed by atoms with Crippen LogP contribution in [0.25, 0.3) is 0 Å². The Labute approximate surface area is 189 Å². The molecule has 0 aliphatic carbocycles. The summed E-state index contributed by atoms with van der Waals surface area (Å²) >= 11 is 5.97. The maximum absolute atomic E-state index is 13.5. The molecule has 164 valence electrons. The van der Waals surface area contributed by atoms with Gasteiger partial charge in [0.15, 0.2) is 5.78 Å². The van der Waals surface area contributed by atoms with E-state index in [0.717, 1.165) is 12.8 Å². The molecule has 2 aromatic rings. The molecule has 0 unspecified atom stereocenters. The molecule has 0 saturated carbocycles. The number of Topliss-reactive ketones (excluding diaryl/α,β-unsaturated/α-hetero) is 1. The number of hydrogen-bond acceptors (Lipinski definition) is 6. The van der Waals surface area contributed by atoms with Gasteiger partial charge < -0.3 is 4.74 Å². The Morgan fingerprint density at radius 2 is 1.62 bits per heavy atom. The third-order valence-electron chi connectivity index (χ3n) is 6.61. The number of anilines is 1. The number of hydrogen-bond donors (Lipinski definition) is 0. The minimum absolute atomic E-state index is 0.122. The number of nitrogens with zero attached hydrogens (tertiary/aromatic N) is 2. The maximum Gasteiger partial charge on any atom is 0.308 e. The van der Waals surface area contributed by atoms with Gasteiger partial charge in [-0.25, -0.2) is 4.90 Å². The van der Waals surface area contributed by atoms with Crippen molar-refractivity contribution in [2.75, 3.05) is 11.4 Å². The van der Waals surface area contributed by atoms with Crippen molar-refractivity contribution in [3.8, 4) is 5.75 Å². The van der Waals surface area contributed by atoms with Crippen molar-refractivity contribution in [2.24, 2.45) is 11.8 Å². The molecular formula is C24H21ClN2O5. The van der Waals surface area contributed by atoms with Crippen LogP contribution in [-0.4, -0.2) is 47.1 Å². The smallest absolute Gasteiger partial charge is 0.308 e. The van der Waals surface area contributed by atoms with Crippen LogP contribution in [0.2, 0.25) is 5.02 Å². The van der Waals surface area contributed by atoms with Crippen LogP contribution < -0.4 is 9.64 Å². The number of imide groups is 1. The van der Waals surface area contributed by atoms with E-state index in [9.17, 15) is 19.2 Å². The summed E-state index contributed by atoms with van der Waals surface area (Å²) in [6.45, 7) is 1.99. The molecule has 3 aliphatic rings. The van der Waals surface area contributed by atoms with Crippen LogP contribution in [0.5, 0.6) is 5.75 Å². The van der Waals surface area contributed by atoms with Crippen molar-refractivity contribution in [3.63, 3.8) is 0 Å². The van der Waals surface area contributed by atoms with Crippen LogP contribution in [0.3, 0.4) is 0 Å². The summed E-state index contributed by atoms with van der Waals surface area (Å²) in [5, 5.41) is 0.528. The van der Waals surface area contributed by atoms with Crippen molar-refractivity contribution in [2.45, 2.75) is 31.8 Å². The first-order valence-corrected chi connectivity index (χ1v) is 11.0. The molecule has 0 bridgehead atoms. The minimum atomic E-state index is -0.718. The lowest BCUT2D eigenvalue weighted by Crippen LogP contribution is -2.46. The van der Waals surface area contributed by atoms with Crippen LogP contribution in [0, 0.1) is 11.8 Å². The molecule has 3 fully saturated rings. The Kier molecular flexibility index (Phi) is 5.10. The van der Waals surface area contributed by atoms with Crippen molar-refractivity contribution in [1.29, 1.82) is 0 Å². The first-order chi connectivity index (χ1) is 15.4. The first-order valence-electron chi connectivity index (χ1n) is 10.6. The summed E-state index contributed by atoms with van der Waals surface area (Å²) in [5.74, 6) is -2.17. The lowest BCUT2D eigenvalue weighted by molar-refractivity contribution is -0.132. The zero-order valence-corrected chi connectivity index (χ0v) is 18.1. The molecule has 32 heavy (non-hydrogen) atoms. The molecule has 2 aromatic carbocycles. The van der Waals surface area contributed by atoms with E-state index >= 15 is 0 Å². The van der Waals surface area contributed by atoms with Gasteiger partial charge in [-0.1, -0.05) is 11.6 Å². The monoisotopic (exact) mass is 452 g/mol. The highest BCUT2D eigenvalue weighted by molar-refractivity contribution is 6.30. The zero-order chi connectivity index (χ0) is 22.6. The summed E-state index contributed by atoms with van der Waals surface area (Å²) in [6, 6.07) is 12.1. The van der Waals surface area contributed by atoms with Crippen LogP contribution in [0.15, 0.2) is 48.5 Å². The van der Waals surface area contributed by atoms with E-state index in [4.69, 9.17) is 16.3 Å². The summed E-state index contributed by atoms with van der Waals surface area (Å²) < 4.78 is 5.03. The second kappa shape index (κ2) is 7.83. The molecule has 4 atom stereocenters. The van der Waals surface area contributed by atoms with Gasteiger partial charge in [-0.2, -0.15) is 0 Å². The predicted octanol–water partition coefficient (Wildman–Crippen LogP) is 3.10. The third-order valence-corrected chi connectivity index (χ3v) is 6.86. The van der Waals surface area contributed by atoms with Crippen molar-refractivity contribution < 1.29 is 23.9 Å². The van der Waals surface area contributed by atoms with Crippen molar-refractivity contribution in [3.05, 3.63) is 59.1 Å². The van der Waals surface area contributed by atoms with E-state index in [-0.39, 0.29) is 23.6 Å². The van der Waals surface area contributed by atoms with Gasteiger partial charge in [0.05, 0.1) is 23.6 Å². The molecule has 7 nitrogen and oxygen atoms in total. The van der Waals surface area contributed by atoms with E-state index in [2.05, 4.69) is 0 Å². The van der Waals surface area contributed by atoms with Crippen LogP contribution in [0.1, 0.15) is 30.1 Å². The quantitative estimate of drug-likeness (QED) is 0.307. The van der Waals surface area contributed by atoms with Crippen LogP contribution in [-0.2, 0) is 14.4 Å². The van der Waals surface area contributed by atoms with E-state index in [1.807, 2.05) is 4.90 Å². The van der Waals surface area contributed by atoms with Gasteiger partial charge in [-0.3, -0.25) is 24.1 Å². The summed E-state index contributed by atoms with van der Waals surface area (Å²) in [7, 11) is 0. The molecule has 0 radical (unpaired) electrons. The molecule has 3 heterocycles. The topological polar surface area (TPSA) is 84.0 Å². The molecule has 5 rings (SSSR count). The van der Waals surface area contributed by atoms with Crippen LogP contribution in [0.4, 0.5) is 5.69 Å². The van der Waals surface area contributed by atoms with Gasteiger partial charge in [-0.15, -0.1) is 0 Å². The number of benzene rings is 2. The number of fused-ring (bicyclic) bond motifs is 3. The van der Waals surface area contributed by atoms with Crippen molar-refractivity contribution in [1.82, 2.24) is 4.90 Å². The number of ketones is 1. The second-order valence-electron chi connectivity index (χ2n) is 8.41. The van der Waals surface area contributed by atoms with Gasteiger partial charge in [-0.05, 0) is 67.9 Å². The number of carbonyl (C=O) groups excluding carboxylic acids is 4. The highest BCUT2D eigenvalue weighted by Gasteiger charge is 2.64. The maximum atomic E-state index is 13.5. The third kappa shape index (κ3) is 3.24. The lowest BCUT2D eigenvalue weighted by atomic mass is 9.85. The van der Waals surface area contributed by atoms with Gasteiger partial charge in [0.25, 0.3) is 0 Å². The Morgan fingerprint density at radius 1 is 0.969 bits per heavy atom. The number of amides is 2. The van der Waals surface area contributed by atoms with E-state index in [1.165, 1.54) is 11.8 Å². The number of rotatable bonds is 4. The van der Waals surface area contributed by atoms with Gasteiger partial charge in [0.2, 0.25) is 11.8 Å². The highest BCUT2D eigenvalue weighted by atomic mass is 35.5. The summed E-state index contributed by atoms with van der Waals surface area (Å²) in [4.78, 5) is 54.8. The van der Waals surface area contributed by atoms with E-state index < -0.39 is 23.8 Å². The standard InChI is InChI=1S/C24H21ClN2O5/c1-13(28)32-17-10-8-16(9-11-17)27-23(30)19-18-3-2-12-26(18)21(20(19)24(27)31)22(29)14-4-6-15(25)7-5-14/h4-11,18-21H,2-3,12H2,1H3/t18-,19+,20+,21-/m0/s1. The molecule has 3 saturated heterocycles. The minimum Gasteiger partial charge on any atom is -0.427 e. The lowest BCUT2D eigenvalue weighted by Gasteiger charge is -2.27. The second-order valence-corrected chi connectivity index (χ2v) is 8.85. The Balaban J connectivity index is 1.48. The first kappa shape index (κ1) is 20.8. The predicted molar refractivity (Wildman–Crippen MR) is 117 cm³/mol. The highest BCUT2D eigenvalue weighted by Crippen LogP contribution is 2.48. The summed E-state index contributed by atoms with van der Waals surface area (Å²) in [6.07, 6.45) is 1.67. The largest absolute Gasteiger partial charge is 0.427 e. The van der Waals surface area contributed by atoms with Gasteiger partial charge >= 0.3 is 5.97 Å². The molecule has 2 amide bonds. The Morgan fingerprint density at radius 3 is 2.28 bits per heavy atom. The number of halogens is 1. The average Bonchev–Trinajstić information content (AvgIpc) is 3.41. The number of ether oxygens (including phenoxy) is 1. The molecule has 0 aromatic heterocycles. The number of esters is 1. The molecule has 0 N–H and O–H groups in total. The number of carbonyl (C=O) groups is 4. The molecule has 0 spiro atoms. The molecule has 8 heteroatoms. The SMILES string of the molecule is CC(=O)Oc1ccc(N2C(=O)[C@@H]3[C@H](C2=O)[C@@H]2CCCN2[C@@H]3C(=O)c2ccc(Cl)cc2)cc1. The fourth-order valence-corrected chi connectivity index (χ4v) is 5.51. The summed E-state index contributed by atoms with van der Waals surface area (Å²) in [5.41, 5.74) is 0.891.